The number of sulfonamides is 1. The first kappa shape index (κ1) is 19.9. The van der Waals surface area contributed by atoms with Gasteiger partial charge in [-0.1, -0.05) is 18.2 Å². The van der Waals surface area contributed by atoms with Gasteiger partial charge in [-0.15, -0.1) is 0 Å². The second-order valence-corrected chi connectivity index (χ2v) is 12.3. The molecular formula is C24H28N2O5S. The highest BCUT2D eigenvalue weighted by Gasteiger charge is 2.67. The Hall–Kier alpha value is -1.58. The number of aromatic nitrogens is 1. The summed E-state index contributed by atoms with van der Waals surface area (Å²) in [7, 11) is -3.67. The van der Waals surface area contributed by atoms with Gasteiger partial charge in [-0.3, -0.25) is 4.98 Å². The van der Waals surface area contributed by atoms with Crippen LogP contribution in [0.15, 0.2) is 41.4 Å². The van der Waals surface area contributed by atoms with E-state index in [-0.39, 0.29) is 4.90 Å². The molecular weight excluding hydrogens is 428 g/mol. The van der Waals surface area contributed by atoms with Crippen molar-refractivity contribution >= 4 is 20.9 Å². The quantitative estimate of drug-likeness (QED) is 0.639. The number of ether oxygens (including phenoxy) is 1. The summed E-state index contributed by atoms with van der Waals surface area (Å²) in [5.41, 5.74) is 0.513. The fraction of sp³-hybridized carbons (Fsp3) is 0.625. The van der Waals surface area contributed by atoms with Crippen LogP contribution >= 0.6 is 0 Å². The number of pyridine rings is 1. The molecule has 1 aromatic heterocycles. The van der Waals surface area contributed by atoms with Gasteiger partial charge in [-0.2, -0.15) is 14.1 Å². The van der Waals surface area contributed by atoms with Crippen molar-refractivity contribution in [1.29, 1.82) is 0 Å². The van der Waals surface area contributed by atoms with Gasteiger partial charge < -0.3 is 4.74 Å². The first-order valence-electron chi connectivity index (χ1n) is 11.9. The molecule has 3 heterocycles. The fourth-order valence-corrected chi connectivity index (χ4v) is 8.89. The van der Waals surface area contributed by atoms with Crippen LogP contribution in [0.25, 0.3) is 10.9 Å². The van der Waals surface area contributed by atoms with Crippen molar-refractivity contribution in [3.8, 4) is 0 Å². The summed E-state index contributed by atoms with van der Waals surface area (Å²) < 4.78 is 35.2. The molecule has 0 atom stereocenters. The molecule has 0 amide bonds. The highest BCUT2D eigenvalue weighted by Crippen LogP contribution is 2.63. The van der Waals surface area contributed by atoms with Crippen LogP contribution in [0.1, 0.15) is 44.9 Å². The van der Waals surface area contributed by atoms with E-state index in [2.05, 4.69) is 4.98 Å². The Kier molecular flexibility index (Phi) is 4.17. The molecule has 4 bridgehead atoms. The summed E-state index contributed by atoms with van der Waals surface area (Å²) >= 11 is 0. The van der Waals surface area contributed by atoms with Crippen molar-refractivity contribution in [1.82, 2.24) is 9.29 Å². The van der Waals surface area contributed by atoms with E-state index in [1.165, 1.54) is 36.4 Å². The number of benzene rings is 1. The lowest BCUT2D eigenvalue weighted by Gasteiger charge is -2.57. The third-order valence-corrected chi connectivity index (χ3v) is 10.6. The Morgan fingerprint density at radius 1 is 0.906 bits per heavy atom. The summed E-state index contributed by atoms with van der Waals surface area (Å²) in [6.07, 6.45) is 8.61. The van der Waals surface area contributed by atoms with E-state index in [9.17, 15) is 8.42 Å². The topological polar surface area (TPSA) is 78.0 Å². The molecule has 0 N–H and O–H groups in total. The van der Waals surface area contributed by atoms with Gasteiger partial charge in [0.05, 0.1) is 5.52 Å². The Bertz CT molecular complexity index is 1140. The van der Waals surface area contributed by atoms with E-state index in [1.54, 1.807) is 18.3 Å². The summed E-state index contributed by atoms with van der Waals surface area (Å²) in [6, 6.07) is 9.00. The molecule has 8 rings (SSSR count). The van der Waals surface area contributed by atoms with Crippen molar-refractivity contribution in [2.45, 2.75) is 61.4 Å². The van der Waals surface area contributed by atoms with Crippen molar-refractivity contribution in [2.75, 3.05) is 13.1 Å². The largest absolute Gasteiger partial charge is 0.312 e. The van der Waals surface area contributed by atoms with Crippen LogP contribution in [0.5, 0.6) is 0 Å². The first-order chi connectivity index (χ1) is 15.5. The molecule has 8 heteroatoms. The van der Waals surface area contributed by atoms with Gasteiger partial charge in [-0.25, -0.2) is 8.42 Å². The summed E-state index contributed by atoms with van der Waals surface area (Å²) in [5, 5.41) is 0.821. The summed E-state index contributed by atoms with van der Waals surface area (Å²) in [4.78, 5) is 16.6. The predicted octanol–water partition coefficient (Wildman–Crippen LogP) is 3.85. The first-order valence-corrected chi connectivity index (χ1v) is 13.3. The van der Waals surface area contributed by atoms with Crippen molar-refractivity contribution in [2.24, 2.45) is 23.7 Å². The lowest BCUT2D eigenvalue weighted by atomic mass is 9.53. The smallest absolute Gasteiger partial charge is 0.245 e. The van der Waals surface area contributed by atoms with Crippen LogP contribution in [0.4, 0.5) is 0 Å². The minimum Gasteiger partial charge on any atom is -0.312 e. The molecule has 170 valence electrons. The normalized spacial score (nSPS) is 38.2. The van der Waals surface area contributed by atoms with Crippen LogP contribution in [0.2, 0.25) is 0 Å². The molecule has 2 saturated heterocycles. The van der Waals surface area contributed by atoms with Gasteiger partial charge in [-0.05, 0) is 56.1 Å². The number of nitrogens with zero attached hydrogens (tertiary/aromatic N) is 2. The maximum Gasteiger partial charge on any atom is 0.245 e. The van der Waals surface area contributed by atoms with Crippen LogP contribution in [-0.2, 0) is 24.5 Å². The third kappa shape index (κ3) is 2.73. The van der Waals surface area contributed by atoms with Gasteiger partial charge in [0.2, 0.25) is 21.6 Å². The molecule has 4 aliphatic carbocycles. The zero-order valence-corrected chi connectivity index (χ0v) is 18.8. The number of rotatable bonds is 2. The molecule has 6 fully saturated rings. The summed E-state index contributed by atoms with van der Waals surface area (Å²) in [5.74, 6) is 0.983. The standard InChI is InChI=1S/C24H28N2O5S/c27-32(28,21-5-1-3-18-4-2-8-25-22(18)21)26-9-6-23(7-10-26)29-24(31-30-23)19-12-16-11-17(14-19)15-20(24)13-16/h1-5,8,16-17,19-20H,6-7,9-15H2. The average molecular weight is 457 g/mol. The molecule has 1 aromatic carbocycles. The summed E-state index contributed by atoms with van der Waals surface area (Å²) in [6.45, 7) is 0.678. The average Bonchev–Trinajstić information content (AvgIpc) is 3.17. The minimum absolute atomic E-state index is 0.258. The SMILES string of the molecule is O=S(=O)(c1cccc2cccnc12)N1CCC2(CC1)OOC1(O2)C2CC3CC(C2)CC1C3. The number of hydrogen-bond acceptors (Lipinski definition) is 6. The maximum atomic E-state index is 13.5. The fourth-order valence-electron chi connectivity index (χ4n) is 7.29. The molecule has 32 heavy (non-hydrogen) atoms. The second kappa shape index (κ2) is 6.73. The Morgan fingerprint density at radius 2 is 1.59 bits per heavy atom. The van der Waals surface area contributed by atoms with E-state index in [1.807, 2.05) is 18.2 Å². The number of hydrogen-bond donors (Lipinski definition) is 0. The number of piperidine rings is 1. The lowest BCUT2D eigenvalue weighted by molar-refractivity contribution is -0.390. The number of fused-ring (bicyclic) bond motifs is 1. The van der Waals surface area contributed by atoms with E-state index in [0.717, 1.165) is 17.2 Å². The van der Waals surface area contributed by atoms with E-state index in [0.29, 0.717) is 43.3 Å². The van der Waals surface area contributed by atoms with Crippen molar-refractivity contribution in [3.63, 3.8) is 0 Å². The van der Waals surface area contributed by atoms with Crippen LogP contribution < -0.4 is 0 Å². The van der Waals surface area contributed by atoms with E-state index < -0.39 is 21.6 Å². The van der Waals surface area contributed by atoms with Crippen LogP contribution in [-0.4, -0.2) is 42.4 Å². The molecule has 2 spiro atoms. The van der Waals surface area contributed by atoms with Crippen LogP contribution in [0, 0.1) is 23.7 Å². The highest BCUT2D eigenvalue weighted by atomic mass is 32.2. The number of para-hydroxylation sites is 1. The zero-order chi connectivity index (χ0) is 21.6. The van der Waals surface area contributed by atoms with Gasteiger partial charge in [0.15, 0.2) is 0 Å². The zero-order valence-electron chi connectivity index (χ0n) is 18.0. The van der Waals surface area contributed by atoms with Gasteiger partial charge in [0.1, 0.15) is 4.90 Å². The van der Waals surface area contributed by atoms with Gasteiger partial charge in [0, 0.05) is 49.4 Å². The van der Waals surface area contributed by atoms with E-state index in [4.69, 9.17) is 14.5 Å². The monoisotopic (exact) mass is 456 g/mol. The molecule has 2 aliphatic heterocycles. The Balaban J connectivity index is 1.12. The molecule has 7 nitrogen and oxygen atoms in total. The van der Waals surface area contributed by atoms with Crippen LogP contribution in [0.3, 0.4) is 0 Å². The highest BCUT2D eigenvalue weighted by molar-refractivity contribution is 7.89. The molecule has 6 aliphatic rings. The minimum atomic E-state index is -3.67. The Morgan fingerprint density at radius 3 is 2.31 bits per heavy atom. The van der Waals surface area contributed by atoms with Crippen molar-refractivity contribution < 1.29 is 22.9 Å². The van der Waals surface area contributed by atoms with Crippen molar-refractivity contribution in [3.05, 3.63) is 36.5 Å². The Labute approximate surface area is 188 Å². The lowest BCUT2D eigenvalue weighted by Crippen LogP contribution is -2.59. The predicted molar refractivity (Wildman–Crippen MR) is 115 cm³/mol. The maximum absolute atomic E-state index is 13.5. The molecule has 0 radical (unpaired) electrons. The molecule has 2 aromatic rings. The third-order valence-electron chi connectivity index (χ3n) is 8.64. The molecule has 0 unspecified atom stereocenters. The van der Waals surface area contributed by atoms with Gasteiger partial charge in [0.25, 0.3) is 0 Å². The van der Waals surface area contributed by atoms with Gasteiger partial charge >= 0.3 is 0 Å². The molecule has 4 saturated carbocycles. The second-order valence-electron chi connectivity index (χ2n) is 10.4. The van der Waals surface area contributed by atoms with E-state index >= 15 is 0 Å².